The second kappa shape index (κ2) is 7.72. The summed E-state index contributed by atoms with van der Waals surface area (Å²) in [5, 5.41) is 0. The van der Waals surface area contributed by atoms with E-state index in [0.29, 0.717) is 0 Å². The molecular weight excluding hydrogens is 348 g/mol. The molecule has 0 aliphatic heterocycles. The SMILES string of the molecule is Cc1cc(-c2ccccc2)c(-c2ccccc2)c(C(C)(C)C)c1-c1ccccc1. The largest absolute Gasteiger partial charge is 0.0622 e. The molecule has 0 aliphatic carbocycles. The molecular formula is C29H28. The van der Waals surface area contributed by atoms with Crippen molar-refractivity contribution < 1.29 is 0 Å². The summed E-state index contributed by atoms with van der Waals surface area (Å²) in [5.41, 5.74) is 10.5. The Morgan fingerprint density at radius 1 is 0.517 bits per heavy atom. The Labute approximate surface area is 174 Å². The molecule has 144 valence electrons. The van der Waals surface area contributed by atoms with Crippen LogP contribution in [0, 0.1) is 6.92 Å². The predicted octanol–water partition coefficient (Wildman–Crippen LogP) is 8.29. The normalized spacial score (nSPS) is 11.4. The minimum Gasteiger partial charge on any atom is -0.0622 e. The van der Waals surface area contributed by atoms with E-state index in [1.54, 1.807) is 0 Å². The molecule has 0 spiro atoms. The highest BCUT2D eigenvalue weighted by Crippen LogP contribution is 2.46. The lowest BCUT2D eigenvalue weighted by molar-refractivity contribution is 0.593. The lowest BCUT2D eigenvalue weighted by Crippen LogP contribution is -2.16. The van der Waals surface area contributed by atoms with Crippen molar-refractivity contribution >= 4 is 0 Å². The lowest BCUT2D eigenvalue weighted by Gasteiger charge is -2.30. The summed E-state index contributed by atoms with van der Waals surface area (Å²) in [6, 6.07) is 34.8. The third-order valence-corrected chi connectivity index (χ3v) is 5.48. The Bertz CT molecular complexity index is 1100. The minimum absolute atomic E-state index is 0.00804. The fraction of sp³-hybridized carbons (Fsp3) is 0.172. The van der Waals surface area contributed by atoms with E-state index in [1.165, 1.54) is 44.5 Å². The quantitative estimate of drug-likeness (QED) is 0.337. The highest BCUT2D eigenvalue weighted by molar-refractivity contribution is 5.93. The van der Waals surface area contributed by atoms with Crippen molar-refractivity contribution in [3.8, 4) is 33.4 Å². The van der Waals surface area contributed by atoms with Gasteiger partial charge in [0.2, 0.25) is 0 Å². The van der Waals surface area contributed by atoms with E-state index in [-0.39, 0.29) is 5.41 Å². The van der Waals surface area contributed by atoms with Gasteiger partial charge in [-0.05, 0) is 56.8 Å². The van der Waals surface area contributed by atoms with Crippen molar-refractivity contribution in [3.63, 3.8) is 0 Å². The third-order valence-electron chi connectivity index (χ3n) is 5.48. The molecule has 0 saturated heterocycles. The Kier molecular flexibility index (Phi) is 5.11. The van der Waals surface area contributed by atoms with Crippen molar-refractivity contribution in [3.05, 3.63) is 108 Å². The highest BCUT2D eigenvalue weighted by Gasteiger charge is 2.27. The van der Waals surface area contributed by atoms with E-state index in [2.05, 4.69) is 125 Å². The number of benzene rings is 4. The zero-order chi connectivity index (χ0) is 20.4. The fourth-order valence-corrected chi connectivity index (χ4v) is 4.29. The van der Waals surface area contributed by atoms with Crippen LogP contribution in [0.25, 0.3) is 33.4 Å². The van der Waals surface area contributed by atoms with Crippen LogP contribution in [-0.4, -0.2) is 0 Å². The van der Waals surface area contributed by atoms with Crippen molar-refractivity contribution in [1.82, 2.24) is 0 Å². The Morgan fingerprint density at radius 3 is 1.38 bits per heavy atom. The Morgan fingerprint density at radius 2 is 0.931 bits per heavy atom. The van der Waals surface area contributed by atoms with Gasteiger partial charge in [-0.1, -0.05) is 118 Å². The zero-order valence-corrected chi connectivity index (χ0v) is 17.7. The van der Waals surface area contributed by atoms with E-state index in [0.717, 1.165) is 0 Å². The van der Waals surface area contributed by atoms with Gasteiger partial charge in [0, 0.05) is 0 Å². The molecule has 0 bridgehead atoms. The molecule has 0 heteroatoms. The van der Waals surface area contributed by atoms with Crippen molar-refractivity contribution in [2.45, 2.75) is 33.1 Å². The van der Waals surface area contributed by atoms with Crippen molar-refractivity contribution in [2.24, 2.45) is 0 Å². The van der Waals surface area contributed by atoms with Crippen LogP contribution in [0.3, 0.4) is 0 Å². The Hall–Kier alpha value is -3.12. The van der Waals surface area contributed by atoms with Gasteiger partial charge in [-0.2, -0.15) is 0 Å². The topological polar surface area (TPSA) is 0 Å². The molecule has 0 aliphatic rings. The van der Waals surface area contributed by atoms with Crippen LogP contribution in [0.2, 0.25) is 0 Å². The molecule has 0 fully saturated rings. The molecule has 4 rings (SSSR count). The number of rotatable bonds is 3. The first-order valence-electron chi connectivity index (χ1n) is 10.3. The van der Waals surface area contributed by atoms with Crippen LogP contribution >= 0.6 is 0 Å². The minimum atomic E-state index is -0.00804. The smallest absolute Gasteiger partial charge is 0.00616 e. The van der Waals surface area contributed by atoms with E-state index in [9.17, 15) is 0 Å². The Balaban J connectivity index is 2.17. The number of hydrogen-bond donors (Lipinski definition) is 0. The van der Waals surface area contributed by atoms with E-state index in [4.69, 9.17) is 0 Å². The van der Waals surface area contributed by atoms with Crippen LogP contribution in [0.4, 0.5) is 0 Å². The average molecular weight is 377 g/mol. The van der Waals surface area contributed by atoms with Gasteiger partial charge in [0.25, 0.3) is 0 Å². The molecule has 0 radical (unpaired) electrons. The van der Waals surface area contributed by atoms with Gasteiger partial charge in [0.05, 0.1) is 0 Å². The van der Waals surface area contributed by atoms with Gasteiger partial charge in [-0.25, -0.2) is 0 Å². The zero-order valence-electron chi connectivity index (χ0n) is 17.7. The summed E-state index contributed by atoms with van der Waals surface area (Å²) in [7, 11) is 0. The fourth-order valence-electron chi connectivity index (χ4n) is 4.29. The van der Waals surface area contributed by atoms with E-state index < -0.39 is 0 Å². The van der Waals surface area contributed by atoms with Gasteiger partial charge in [0.15, 0.2) is 0 Å². The molecule has 0 N–H and O–H groups in total. The van der Waals surface area contributed by atoms with Gasteiger partial charge < -0.3 is 0 Å². The highest BCUT2D eigenvalue weighted by atomic mass is 14.3. The monoisotopic (exact) mass is 376 g/mol. The van der Waals surface area contributed by atoms with E-state index in [1.807, 2.05) is 0 Å². The standard InChI is InChI=1S/C29H28/c1-21-20-25(22-14-8-5-9-15-22)27(24-18-12-7-13-19-24)28(29(2,3)4)26(21)23-16-10-6-11-17-23/h5-20H,1-4H3. The van der Waals surface area contributed by atoms with Crippen LogP contribution < -0.4 is 0 Å². The maximum atomic E-state index is 2.37. The van der Waals surface area contributed by atoms with Crippen molar-refractivity contribution in [2.75, 3.05) is 0 Å². The van der Waals surface area contributed by atoms with Gasteiger partial charge >= 0.3 is 0 Å². The summed E-state index contributed by atoms with van der Waals surface area (Å²) in [4.78, 5) is 0. The van der Waals surface area contributed by atoms with Crippen LogP contribution in [0.15, 0.2) is 97.1 Å². The predicted molar refractivity (Wildman–Crippen MR) is 126 cm³/mol. The summed E-state index contributed by atoms with van der Waals surface area (Å²) in [6.45, 7) is 9.24. The number of hydrogen-bond acceptors (Lipinski definition) is 0. The summed E-state index contributed by atoms with van der Waals surface area (Å²) >= 11 is 0. The molecule has 0 saturated carbocycles. The summed E-state index contributed by atoms with van der Waals surface area (Å²) in [5.74, 6) is 0. The first-order chi connectivity index (χ1) is 14.0. The third kappa shape index (κ3) is 3.76. The van der Waals surface area contributed by atoms with Crippen LogP contribution in [0.1, 0.15) is 31.9 Å². The van der Waals surface area contributed by atoms with Gasteiger partial charge in [0.1, 0.15) is 0 Å². The summed E-state index contributed by atoms with van der Waals surface area (Å²) in [6.07, 6.45) is 0. The average Bonchev–Trinajstić information content (AvgIpc) is 2.74. The lowest BCUT2D eigenvalue weighted by atomic mass is 9.73. The molecule has 29 heavy (non-hydrogen) atoms. The molecule has 0 atom stereocenters. The molecule has 4 aromatic rings. The molecule has 0 unspecified atom stereocenters. The maximum Gasteiger partial charge on any atom is -0.00616 e. The summed E-state index contributed by atoms with van der Waals surface area (Å²) < 4.78 is 0. The first-order valence-corrected chi connectivity index (χ1v) is 10.3. The maximum absolute atomic E-state index is 2.37. The van der Waals surface area contributed by atoms with E-state index >= 15 is 0 Å². The van der Waals surface area contributed by atoms with Gasteiger partial charge in [-0.3, -0.25) is 0 Å². The van der Waals surface area contributed by atoms with Crippen LogP contribution in [-0.2, 0) is 5.41 Å². The molecule has 0 heterocycles. The van der Waals surface area contributed by atoms with Crippen molar-refractivity contribution in [1.29, 1.82) is 0 Å². The molecule has 4 aromatic carbocycles. The second-order valence-corrected chi connectivity index (χ2v) is 8.71. The molecule has 0 amide bonds. The second-order valence-electron chi connectivity index (χ2n) is 8.71. The van der Waals surface area contributed by atoms with Crippen LogP contribution in [0.5, 0.6) is 0 Å². The number of aryl methyl sites for hydroxylation is 1. The molecule has 0 nitrogen and oxygen atoms in total. The van der Waals surface area contributed by atoms with Gasteiger partial charge in [-0.15, -0.1) is 0 Å². The first kappa shape index (κ1) is 19.2. The molecule has 0 aromatic heterocycles.